The molecule has 32 heavy (non-hydrogen) atoms. The first-order valence-corrected chi connectivity index (χ1v) is 11.0. The number of hydrogen-bond acceptors (Lipinski definition) is 11. The van der Waals surface area contributed by atoms with Crippen molar-refractivity contribution in [1.29, 1.82) is 10.8 Å². The van der Waals surface area contributed by atoms with Crippen molar-refractivity contribution in [3.05, 3.63) is 10.9 Å². The fourth-order valence-electron chi connectivity index (χ4n) is 3.18. The number of fused-ring (bicyclic) bond motifs is 1. The molecule has 0 bridgehead atoms. The lowest BCUT2D eigenvalue weighted by atomic mass is 10.2. The maximum absolute atomic E-state index is 11.4. The van der Waals surface area contributed by atoms with Crippen LogP contribution in [-0.4, -0.2) is 77.9 Å². The molecule has 2 aromatic heterocycles. The monoisotopic (exact) mass is 462 g/mol. The number of rotatable bonds is 9. The summed E-state index contributed by atoms with van der Waals surface area (Å²) in [7, 11) is 0. The van der Waals surface area contributed by atoms with Gasteiger partial charge in [-0.25, -0.2) is 0 Å². The predicted molar refractivity (Wildman–Crippen MR) is 120 cm³/mol. The maximum atomic E-state index is 11.4. The van der Waals surface area contributed by atoms with Crippen LogP contribution in [0.2, 0.25) is 0 Å². The van der Waals surface area contributed by atoms with E-state index in [9.17, 15) is 9.59 Å². The van der Waals surface area contributed by atoms with Crippen LogP contribution in [0.15, 0.2) is 6.07 Å². The number of carbonyl (C=O) groups excluding carboxylic acids is 2. The number of amidine groups is 1. The van der Waals surface area contributed by atoms with Gasteiger partial charge in [0.2, 0.25) is 0 Å². The molecule has 1 unspecified atom stereocenters. The van der Waals surface area contributed by atoms with Gasteiger partial charge in [-0.3, -0.25) is 20.4 Å². The van der Waals surface area contributed by atoms with Gasteiger partial charge in [0.25, 0.3) is 0 Å². The minimum Gasteiger partial charge on any atom is -0.462 e. The van der Waals surface area contributed by atoms with Crippen molar-refractivity contribution in [2.75, 3.05) is 37.7 Å². The fourth-order valence-corrected chi connectivity index (χ4v) is 4.14. The SMILES string of the molecule is CCc1cc2c(N3CCN(C=N)C(=N)C3)nc(OCC(COC(C)=O)OC(C)=O)nc2s1. The first-order chi connectivity index (χ1) is 15.3. The number of aryl methyl sites for hydroxylation is 1. The molecule has 11 nitrogen and oxygen atoms in total. The number of piperazine rings is 1. The van der Waals surface area contributed by atoms with Gasteiger partial charge in [-0.15, -0.1) is 11.3 Å². The van der Waals surface area contributed by atoms with Gasteiger partial charge < -0.3 is 24.0 Å². The summed E-state index contributed by atoms with van der Waals surface area (Å²) >= 11 is 1.54. The lowest BCUT2D eigenvalue weighted by Gasteiger charge is -2.34. The number of thiophene rings is 1. The van der Waals surface area contributed by atoms with E-state index in [-0.39, 0.29) is 19.2 Å². The normalized spacial score (nSPS) is 14.9. The minimum absolute atomic E-state index is 0.0821. The Bertz CT molecular complexity index is 1030. The molecule has 172 valence electrons. The van der Waals surface area contributed by atoms with Crippen LogP contribution in [-0.2, 0) is 25.5 Å². The molecular formula is C20H26N6O5S. The molecule has 1 aliphatic heterocycles. The smallest absolute Gasteiger partial charge is 0.319 e. The summed E-state index contributed by atoms with van der Waals surface area (Å²) in [5, 5.41) is 16.5. The molecule has 1 saturated heterocycles. The second-order valence-corrected chi connectivity index (χ2v) is 8.27. The summed E-state index contributed by atoms with van der Waals surface area (Å²) in [6.45, 7) is 5.78. The summed E-state index contributed by atoms with van der Waals surface area (Å²) < 4.78 is 15.8. The average Bonchev–Trinajstić information content (AvgIpc) is 3.18. The van der Waals surface area contributed by atoms with Crippen molar-refractivity contribution in [2.45, 2.75) is 33.3 Å². The van der Waals surface area contributed by atoms with Crippen LogP contribution in [0.25, 0.3) is 10.2 Å². The standard InChI is InChI=1S/C20H26N6O5S/c1-4-15-7-16-18(25-5-6-26(11-21)17(22)8-25)23-20(24-19(16)32-15)30-10-14(31-13(3)28)9-29-12(2)27/h7,11,14,21-22H,4-6,8-10H2,1-3H3. The van der Waals surface area contributed by atoms with Gasteiger partial charge in [-0.05, 0) is 12.5 Å². The summed E-state index contributed by atoms with van der Waals surface area (Å²) in [4.78, 5) is 37.0. The van der Waals surface area contributed by atoms with Crippen LogP contribution >= 0.6 is 11.3 Å². The van der Waals surface area contributed by atoms with Gasteiger partial charge >= 0.3 is 17.9 Å². The number of ether oxygens (including phenoxy) is 3. The first kappa shape index (κ1) is 23.4. The third-order valence-electron chi connectivity index (χ3n) is 4.71. The van der Waals surface area contributed by atoms with Crippen LogP contribution in [0, 0.1) is 10.8 Å². The van der Waals surface area contributed by atoms with Crippen LogP contribution in [0.3, 0.4) is 0 Å². The van der Waals surface area contributed by atoms with E-state index < -0.39 is 18.0 Å². The Labute approximate surface area is 189 Å². The maximum Gasteiger partial charge on any atom is 0.319 e. The Kier molecular flexibility index (Phi) is 7.57. The molecule has 1 fully saturated rings. The van der Waals surface area contributed by atoms with E-state index in [4.69, 9.17) is 25.0 Å². The molecule has 1 atom stereocenters. The van der Waals surface area contributed by atoms with Crippen molar-refractivity contribution >= 4 is 51.5 Å². The van der Waals surface area contributed by atoms with Crippen molar-refractivity contribution in [2.24, 2.45) is 0 Å². The molecule has 2 aromatic rings. The molecule has 12 heteroatoms. The zero-order valence-electron chi connectivity index (χ0n) is 18.2. The van der Waals surface area contributed by atoms with Crippen LogP contribution in [0.1, 0.15) is 25.6 Å². The second-order valence-electron chi connectivity index (χ2n) is 7.15. The summed E-state index contributed by atoms with van der Waals surface area (Å²) in [5.41, 5.74) is 0. The van der Waals surface area contributed by atoms with Crippen LogP contribution in [0.4, 0.5) is 5.82 Å². The Balaban J connectivity index is 1.85. The largest absolute Gasteiger partial charge is 0.462 e. The number of carbonyl (C=O) groups is 2. The second kappa shape index (κ2) is 10.4. The van der Waals surface area contributed by atoms with Gasteiger partial charge in [0.1, 0.15) is 29.7 Å². The van der Waals surface area contributed by atoms with E-state index in [1.807, 2.05) is 11.0 Å². The van der Waals surface area contributed by atoms with E-state index in [1.165, 1.54) is 13.8 Å². The topological polar surface area (TPSA) is 142 Å². The van der Waals surface area contributed by atoms with E-state index >= 15 is 0 Å². The number of anilines is 1. The Hall–Kier alpha value is -3.28. The van der Waals surface area contributed by atoms with Crippen molar-refractivity contribution in [1.82, 2.24) is 14.9 Å². The summed E-state index contributed by atoms with van der Waals surface area (Å²) in [5.74, 6) is -0.0439. The molecule has 0 aliphatic carbocycles. The Morgan fingerprint density at radius 1 is 1.25 bits per heavy atom. The molecule has 3 rings (SSSR count). The zero-order valence-corrected chi connectivity index (χ0v) is 19.0. The quantitative estimate of drug-likeness (QED) is 0.324. The molecule has 1 aliphatic rings. The van der Waals surface area contributed by atoms with Crippen molar-refractivity contribution in [3.8, 4) is 6.01 Å². The molecule has 0 aromatic carbocycles. The molecule has 0 saturated carbocycles. The van der Waals surface area contributed by atoms with Gasteiger partial charge in [0, 0.05) is 31.8 Å². The highest BCUT2D eigenvalue weighted by Gasteiger charge is 2.25. The Morgan fingerprint density at radius 2 is 2.03 bits per heavy atom. The number of esters is 2. The first-order valence-electron chi connectivity index (χ1n) is 10.1. The van der Waals surface area contributed by atoms with E-state index in [1.54, 1.807) is 16.2 Å². The van der Waals surface area contributed by atoms with E-state index in [0.29, 0.717) is 31.3 Å². The van der Waals surface area contributed by atoms with Crippen LogP contribution in [0.5, 0.6) is 6.01 Å². The number of hydrogen-bond donors (Lipinski definition) is 2. The Morgan fingerprint density at radius 3 is 2.66 bits per heavy atom. The van der Waals surface area contributed by atoms with Crippen molar-refractivity contribution < 1.29 is 23.8 Å². The van der Waals surface area contributed by atoms with E-state index in [2.05, 4.69) is 16.9 Å². The third-order valence-corrected chi connectivity index (χ3v) is 5.88. The summed E-state index contributed by atoms with van der Waals surface area (Å²) in [6, 6.07) is 2.16. The average molecular weight is 463 g/mol. The van der Waals surface area contributed by atoms with Gasteiger partial charge in [0.05, 0.1) is 18.3 Å². The predicted octanol–water partition coefficient (Wildman–Crippen LogP) is 1.83. The molecule has 0 amide bonds. The molecule has 0 radical (unpaired) electrons. The number of nitrogens with one attached hydrogen (secondary N) is 2. The highest BCUT2D eigenvalue weighted by Crippen LogP contribution is 2.33. The molecular weight excluding hydrogens is 436 g/mol. The van der Waals surface area contributed by atoms with Gasteiger partial charge in [-0.1, -0.05) is 6.92 Å². The summed E-state index contributed by atoms with van der Waals surface area (Å²) in [6.07, 6.45) is 1.21. The molecule has 2 N–H and O–H groups in total. The number of nitrogens with zero attached hydrogens (tertiary/aromatic N) is 4. The van der Waals surface area contributed by atoms with E-state index in [0.717, 1.165) is 27.9 Å². The highest BCUT2D eigenvalue weighted by atomic mass is 32.1. The highest BCUT2D eigenvalue weighted by molar-refractivity contribution is 7.18. The molecule has 0 spiro atoms. The lowest BCUT2D eigenvalue weighted by molar-refractivity contribution is -0.158. The number of aromatic nitrogens is 2. The minimum atomic E-state index is -0.794. The van der Waals surface area contributed by atoms with Crippen LogP contribution < -0.4 is 9.64 Å². The van der Waals surface area contributed by atoms with Gasteiger partial charge in [-0.2, -0.15) is 9.97 Å². The fraction of sp³-hybridized carbons (Fsp3) is 0.500. The molecule has 3 heterocycles. The lowest BCUT2D eigenvalue weighted by Crippen LogP contribution is -2.49. The third kappa shape index (κ3) is 5.69. The zero-order chi connectivity index (χ0) is 23.3. The van der Waals surface area contributed by atoms with Crippen molar-refractivity contribution in [3.63, 3.8) is 0 Å². The van der Waals surface area contributed by atoms with Gasteiger partial charge in [0.15, 0.2) is 6.10 Å².